The van der Waals surface area contributed by atoms with Gasteiger partial charge in [-0.3, -0.25) is 9.82 Å². The van der Waals surface area contributed by atoms with Crippen LogP contribution in [0.1, 0.15) is 0 Å². The number of ether oxygens (including phenoxy) is 1. The monoisotopic (exact) mass is 282 g/mol. The van der Waals surface area contributed by atoms with Crippen LogP contribution in [-0.4, -0.2) is 31.8 Å². The molecule has 1 aromatic carbocycles. The number of aromatic amines is 1. The second-order valence-electron chi connectivity index (χ2n) is 3.70. The molecule has 7 nitrogen and oxygen atoms in total. The Morgan fingerprint density at radius 2 is 2.05 bits per heavy atom. The van der Waals surface area contributed by atoms with Crippen molar-refractivity contribution in [3.8, 4) is 5.75 Å². The lowest BCUT2D eigenvalue weighted by Gasteiger charge is -2.07. The highest BCUT2D eigenvalue weighted by molar-refractivity contribution is 7.92. The molecular weight excluding hydrogens is 268 g/mol. The quantitative estimate of drug-likeness (QED) is 0.716. The van der Waals surface area contributed by atoms with Crippen LogP contribution in [0.2, 0.25) is 0 Å². The summed E-state index contributed by atoms with van der Waals surface area (Å²) in [5.41, 5.74) is 5.69. The molecule has 2 aromatic rings. The molecule has 102 valence electrons. The molecule has 0 atom stereocenters. The fourth-order valence-electron chi connectivity index (χ4n) is 1.41. The van der Waals surface area contributed by atoms with Gasteiger partial charge in [-0.15, -0.1) is 0 Å². The van der Waals surface area contributed by atoms with Gasteiger partial charge in [-0.25, -0.2) is 8.42 Å². The molecule has 0 saturated carbocycles. The fourth-order valence-corrected chi connectivity index (χ4v) is 2.45. The lowest BCUT2D eigenvalue weighted by molar-refractivity contribution is 0.328. The normalized spacial score (nSPS) is 11.2. The van der Waals surface area contributed by atoms with E-state index >= 15 is 0 Å². The number of hydrogen-bond donors (Lipinski definition) is 3. The summed E-state index contributed by atoms with van der Waals surface area (Å²) in [5, 5.41) is 6.19. The SMILES string of the molecule is NCCOc1ccc(S(=O)(=O)Nc2cn[nH]c2)cc1. The van der Waals surface area contributed by atoms with Crippen LogP contribution in [0.5, 0.6) is 5.75 Å². The highest BCUT2D eigenvalue weighted by atomic mass is 32.2. The summed E-state index contributed by atoms with van der Waals surface area (Å²) in [6, 6.07) is 6.10. The maximum Gasteiger partial charge on any atom is 0.261 e. The number of aromatic nitrogens is 2. The van der Waals surface area contributed by atoms with E-state index in [0.717, 1.165) is 0 Å². The molecule has 0 spiro atoms. The number of rotatable bonds is 6. The summed E-state index contributed by atoms with van der Waals surface area (Å²) in [7, 11) is -3.61. The fraction of sp³-hybridized carbons (Fsp3) is 0.182. The molecule has 1 heterocycles. The Bertz CT molecular complexity index is 608. The van der Waals surface area contributed by atoms with Crippen LogP contribution < -0.4 is 15.2 Å². The molecule has 0 amide bonds. The Morgan fingerprint density at radius 3 is 2.63 bits per heavy atom. The van der Waals surface area contributed by atoms with Crippen molar-refractivity contribution < 1.29 is 13.2 Å². The minimum atomic E-state index is -3.61. The third kappa shape index (κ3) is 3.46. The Kier molecular flexibility index (Phi) is 4.03. The topological polar surface area (TPSA) is 110 Å². The molecule has 2 rings (SSSR count). The molecule has 0 bridgehead atoms. The molecule has 0 aliphatic rings. The average molecular weight is 282 g/mol. The van der Waals surface area contributed by atoms with Gasteiger partial charge < -0.3 is 10.5 Å². The van der Waals surface area contributed by atoms with Crippen LogP contribution in [0.3, 0.4) is 0 Å². The lowest BCUT2D eigenvalue weighted by Crippen LogP contribution is -2.13. The van der Waals surface area contributed by atoms with Crippen molar-refractivity contribution in [1.82, 2.24) is 10.2 Å². The van der Waals surface area contributed by atoms with E-state index in [1.54, 1.807) is 12.1 Å². The van der Waals surface area contributed by atoms with E-state index in [0.29, 0.717) is 24.6 Å². The van der Waals surface area contributed by atoms with E-state index in [-0.39, 0.29) is 4.90 Å². The van der Waals surface area contributed by atoms with Gasteiger partial charge in [0, 0.05) is 12.7 Å². The number of sulfonamides is 1. The number of nitrogens with zero attached hydrogens (tertiary/aromatic N) is 1. The van der Waals surface area contributed by atoms with Crippen molar-refractivity contribution in [2.45, 2.75) is 4.90 Å². The maximum absolute atomic E-state index is 12.0. The van der Waals surface area contributed by atoms with Crippen molar-refractivity contribution in [3.63, 3.8) is 0 Å². The van der Waals surface area contributed by atoms with Crippen LogP contribution in [0, 0.1) is 0 Å². The van der Waals surface area contributed by atoms with E-state index in [4.69, 9.17) is 10.5 Å². The van der Waals surface area contributed by atoms with Gasteiger partial charge in [-0.1, -0.05) is 0 Å². The highest BCUT2D eigenvalue weighted by Crippen LogP contribution is 2.18. The van der Waals surface area contributed by atoms with Gasteiger partial charge in [0.15, 0.2) is 0 Å². The Morgan fingerprint density at radius 1 is 1.32 bits per heavy atom. The predicted molar refractivity (Wildman–Crippen MR) is 70.4 cm³/mol. The second-order valence-corrected chi connectivity index (χ2v) is 5.38. The second kappa shape index (κ2) is 5.72. The molecule has 0 aliphatic carbocycles. The van der Waals surface area contributed by atoms with Gasteiger partial charge in [0.05, 0.1) is 16.8 Å². The smallest absolute Gasteiger partial charge is 0.261 e. The lowest BCUT2D eigenvalue weighted by atomic mass is 10.3. The summed E-state index contributed by atoms with van der Waals surface area (Å²) in [6.07, 6.45) is 2.84. The highest BCUT2D eigenvalue weighted by Gasteiger charge is 2.14. The van der Waals surface area contributed by atoms with Gasteiger partial charge in [-0.2, -0.15) is 5.10 Å². The minimum absolute atomic E-state index is 0.147. The van der Waals surface area contributed by atoms with Gasteiger partial charge in [0.25, 0.3) is 10.0 Å². The summed E-state index contributed by atoms with van der Waals surface area (Å²) < 4.78 is 31.7. The molecule has 0 radical (unpaired) electrons. The zero-order valence-electron chi connectivity index (χ0n) is 10.0. The number of H-pyrrole nitrogens is 1. The van der Waals surface area contributed by atoms with Crippen molar-refractivity contribution in [2.24, 2.45) is 5.73 Å². The molecule has 0 fully saturated rings. The number of anilines is 1. The first kappa shape index (κ1) is 13.4. The molecule has 0 saturated heterocycles. The van der Waals surface area contributed by atoms with Crippen LogP contribution >= 0.6 is 0 Å². The number of nitrogens with one attached hydrogen (secondary N) is 2. The summed E-state index contributed by atoms with van der Waals surface area (Å²) in [4.78, 5) is 0.147. The van der Waals surface area contributed by atoms with Crippen molar-refractivity contribution >= 4 is 15.7 Å². The first-order chi connectivity index (χ1) is 9.12. The Balaban J connectivity index is 2.12. The zero-order valence-corrected chi connectivity index (χ0v) is 10.9. The van der Waals surface area contributed by atoms with E-state index in [1.165, 1.54) is 24.5 Å². The van der Waals surface area contributed by atoms with Crippen LogP contribution in [-0.2, 0) is 10.0 Å². The third-order valence-electron chi connectivity index (χ3n) is 2.27. The van der Waals surface area contributed by atoms with E-state index < -0.39 is 10.0 Å². The van der Waals surface area contributed by atoms with Gasteiger partial charge in [-0.05, 0) is 24.3 Å². The van der Waals surface area contributed by atoms with E-state index in [1.807, 2.05) is 0 Å². The van der Waals surface area contributed by atoms with Crippen molar-refractivity contribution in [1.29, 1.82) is 0 Å². The average Bonchev–Trinajstić information content (AvgIpc) is 2.89. The first-order valence-electron chi connectivity index (χ1n) is 5.56. The largest absolute Gasteiger partial charge is 0.492 e. The zero-order chi connectivity index (χ0) is 13.7. The molecule has 4 N–H and O–H groups in total. The Labute approximate surface area is 110 Å². The molecular formula is C11H14N4O3S. The molecule has 0 aliphatic heterocycles. The number of benzene rings is 1. The third-order valence-corrected chi connectivity index (χ3v) is 3.67. The standard InChI is InChI=1S/C11H14N4O3S/c12-5-6-18-10-1-3-11(4-2-10)19(16,17)15-9-7-13-14-8-9/h1-4,7-8,15H,5-6,12H2,(H,13,14). The summed E-state index contributed by atoms with van der Waals surface area (Å²) >= 11 is 0. The molecule has 1 aromatic heterocycles. The van der Waals surface area contributed by atoms with Gasteiger partial charge in [0.2, 0.25) is 0 Å². The molecule has 8 heteroatoms. The predicted octanol–water partition coefficient (Wildman–Crippen LogP) is 0.548. The van der Waals surface area contributed by atoms with Crippen LogP contribution in [0.25, 0.3) is 0 Å². The number of nitrogens with two attached hydrogens (primary N) is 1. The van der Waals surface area contributed by atoms with Gasteiger partial charge >= 0.3 is 0 Å². The van der Waals surface area contributed by atoms with Crippen LogP contribution in [0.4, 0.5) is 5.69 Å². The summed E-state index contributed by atoms with van der Waals surface area (Å²) in [5.74, 6) is 0.577. The maximum atomic E-state index is 12.0. The molecule has 19 heavy (non-hydrogen) atoms. The van der Waals surface area contributed by atoms with Crippen molar-refractivity contribution in [2.75, 3.05) is 17.9 Å². The Hall–Kier alpha value is -2.06. The first-order valence-corrected chi connectivity index (χ1v) is 7.04. The summed E-state index contributed by atoms with van der Waals surface area (Å²) in [6.45, 7) is 0.793. The van der Waals surface area contributed by atoms with Crippen LogP contribution in [0.15, 0.2) is 41.6 Å². The minimum Gasteiger partial charge on any atom is -0.492 e. The van der Waals surface area contributed by atoms with E-state index in [2.05, 4.69) is 14.9 Å². The van der Waals surface area contributed by atoms with E-state index in [9.17, 15) is 8.42 Å². The molecule has 0 unspecified atom stereocenters. The van der Waals surface area contributed by atoms with Crippen molar-refractivity contribution in [3.05, 3.63) is 36.7 Å². The number of hydrogen-bond acceptors (Lipinski definition) is 5. The van der Waals surface area contributed by atoms with Gasteiger partial charge in [0.1, 0.15) is 12.4 Å².